The van der Waals surface area contributed by atoms with Crippen molar-refractivity contribution in [1.82, 2.24) is 5.32 Å². The molecule has 5 rings (SSSR count). The first-order valence-electron chi connectivity index (χ1n) is 10.2. The maximum absolute atomic E-state index is 12.2. The molecule has 1 amide bonds. The minimum atomic E-state index is -0.492. The first-order valence-corrected chi connectivity index (χ1v) is 10.2. The van der Waals surface area contributed by atoms with E-state index in [1.165, 1.54) is 39.1 Å². The lowest BCUT2D eigenvalue weighted by atomic mass is 9.92. The van der Waals surface area contributed by atoms with Crippen LogP contribution >= 0.6 is 0 Å². The van der Waals surface area contributed by atoms with Crippen molar-refractivity contribution in [1.29, 1.82) is 0 Å². The summed E-state index contributed by atoms with van der Waals surface area (Å²) in [6.07, 6.45) is 0.0236. The van der Waals surface area contributed by atoms with Crippen LogP contribution in [0, 0.1) is 0 Å². The van der Waals surface area contributed by atoms with Gasteiger partial charge in [-0.05, 0) is 62.0 Å². The lowest BCUT2D eigenvalue weighted by Gasteiger charge is -2.14. The van der Waals surface area contributed by atoms with Crippen LogP contribution < -0.4 is 5.32 Å². The summed E-state index contributed by atoms with van der Waals surface area (Å²) in [6, 6.07) is 23.5. The fourth-order valence-electron chi connectivity index (χ4n) is 4.15. The number of rotatable bonds is 5. The average Bonchev–Trinajstić information content (AvgIpc) is 2.79. The molecular formula is C26H21NO4. The highest BCUT2D eigenvalue weighted by Crippen LogP contribution is 2.36. The van der Waals surface area contributed by atoms with Gasteiger partial charge in [-0.2, -0.15) is 0 Å². The number of phenols is 2. The number of nitrogens with one attached hydrogen (secondary N) is 1. The Hall–Kier alpha value is -3.99. The second-order valence-electron chi connectivity index (χ2n) is 7.66. The normalized spacial score (nSPS) is 11.4. The van der Waals surface area contributed by atoms with Gasteiger partial charge in [0, 0.05) is 6.54 Å². The van der Waals surface area contributed by atoms with E-state index in [4.69, 9.17) is 4.74 Å². The third kappa shape index (κ3) is 3.55. The summed E-state index contributed by atoms with van der Waals surface area (Å²) < 4.78 is 5.46. The molecule has 0 fully saturated rings. The second-order valence-corrected chi connectivity index (χ2v) is 7.66. The van der Waals surface area contributed by atoms with E-state index in [-0.39, 0.29) is 18.1 Å². The summed E-state index contributed by atoms with van der Waals surface area (Å²) in [5.41, 5.74) is 1.77. The number of hydrogen-bond donors (Lipinski definition) is 3. The summed E-state index contributed by atoms with van der Waals surface area (Å²) in [4.78, 5) is 12.2. The standard InChI is InChI=1S/C26H21NO4/c28-22-11-4-16(14-23(22)29)12-13-27-26(30)31-15-20-8-7-19-6-5-17-2-1-3-18-9-10-21(20)25(19)24(17)18/h1-11,14,28-29H,12-13,15H2,(H,27,30). The highest BCUT2D eigenvalue weighted by atomic mass is 16.5. The lowest BCUT2D eigenvalue weighted by Crippen LogP contribution is -2.26. The molecule has 5 aromatic rings. The molecular weight excluding hydrogens is 390 g/mol. The van der Waals surface area contributed by atoms with E-state index in [2.05, 4.69) is 53.8 Å². The van der Waals surface area contributed by atoms with E-state index in [1.54, 1.807) is 6.07 Å². The Kier molecular flexibility index (Phi) is 4.71. The summed E-state index contributed by atoms with van der Waals surface area (Å²) in [5.74, 6) is -0.335. The molecule has 0 unspecified atom stereocenters. The van der Waals surface area contributed by atoms with E-state index in [1.807, 2.05) is 6.07 Å². The number of alkyl carbamates (subject to hydrolysis) is 1. The Bertz CT molecular complexity index is 1390. The van der Waals surface area contributed by atoms with Crippen molar-refractivity contribution in [3.63, 3.8) is 0 Å². The van der Waals surface area contributed by atoms with Gasteiger partial charge in [0.05, 0.1) is 0 Å². The van der Waals surface area contributed by atoms with Crippen molar-refractivity contribution >= 4 is 38.4 Å². The van der Waals surface area contributed by atoms with Crippen LogP contribution in [0.5, 0.6) is 11.5 Å². The molecule has 0 bridgehead atoms. The number of aromatic hydroxyl groups is 2. The van der Waals surface area contributed by atoms with Crippen molar-refractivity contribution in [3.05, 3.63) is 83.9 Å². The third-order valence-electron chi connectivity index (χ3n) is 5.70. The Labute approximate surface area is 178 Å². The van der Waals surface area contributed by atoms with Crippen LogP contribution in [0.3, 0.4) is 0 Å². The van der Waals surface area contributed by atoms with E-state index >= 15 is 0 Å². The first-order chi connectivity index (χ1) is 15.1. The van der Waals surface area contributed by atoms with E-state index in [0.29, 0.717) is 13.0 Å². The maximum Gasteiger partial charge on any atom is 0.407 e. The predicted octanol–water partition coefficient (Wildman–Crippen LogP) is 5.46. The Balaban J connectivity index is 1.29. The molecule has 0 aliphatic rings. The van der Waals surface area contributed by atoms with Gasteiger partial charge in [-0.3, -0.25) is 0 Å². The molecule has 5 heteroatoms. The highest BCUT2D eigenvalue weighted by Gasteiger charge is 2.12. The summed E-state index contributed by atoms with van der Waals surface area (Å²) in [7, 11) is 0. The number of benzene rings is 5. The number of amides is 1. The fraction of sp³-hybridized carbons (Fsp3) is 0.115. The summed E-state index contributed by atoms with van der Waals surface area (Å²) in [6.45, 7) is 0.543. The quantitative estimate of drug-likeness (QED) is 0.265. The lowest BCUT2D eigenvalue weighted by molar-refractivity contribution is 0.140. The molecule has 0 atom stereocenters. The molecule has 0 heterocycles. The second kappa shape index (κ2) is 7.69. The Morgan fingerprint density at radius 3 is 2.29 bits per heavy atom. The summed E-state index contributed by atoms with van der Waals surface area (Å²) in [5, 5.41) is 28.7. The molecule has 5 nitrogen and oxygen atoms in total. The van der Waals surface area contributed by atoms with Crippen LogP contribution in [-0.4, -0.2) is 22.9 Å². The topological polar surface area (TPSA) is 78.8 Å². The third-order valence-corrected chi connectivity index (χ3v) is 5.70. The molecule has 31 heavy (non-hydrogen) atoms. The SMILES string of the molecule is O=C(NCCc1ccc(O)c(O)c1)OCc1ccc2ccc3cccc4ccc1c2c34. The number of ether oxygens (including phenoxy) is 1. The minimum absolute atomic E-state index is 0.163. The van der Waals surface area contributed by atoms with Crippen LogP contribution in [0.15, 0.2) is 72.8 Å². The van der Waals surface area contributed by atoms with Gasteiger partial charge >= 0.3 is 6.09 Å². The van der Waals surface area contributed by atoms with Gasteiger partial charge in [-0.15, -0.1) is 0 Å². The van der Waals surface area contributed by atoms with Gasteiger partial charge in [0.15, 0.2) is 11.5 Å². The molecule has 0 saturated heterocycles. The number of carbonyl (C=O) groups excluding carboxylic acids is 1. The van der Waals surface area contributed by atoms with E-state index < -0.39 is 6.09 Å². The molecule has 0 aliphatic carbocycles. The van der Waals surface area contributed by atoms with Crippen molar-refractivity contribution in [2.24, 2.45) is 0 Å². The zero-order valence-electron chi connectivity index (χ0n) is 16.8. The zero-order chi connectivity index (χ0) is 21.4. The van der Waals surface area contributed by atoms with Gasteiger partial charge in [-0.1, -0.05) is 60.7 Å². The molecule has 0 aromatic heterocycles. The van der Waals surface area contributed by atoms with Crippen LogP contribution in [-0.2, 0) is 17.8 Å². The van der Waals surface area contributed by atoms with Gasteiger partial charge in [0.1, 0.15) is 6.61 Å². The summed E-state index contributed by atoms with van der Waals surface area (Å²) >= 11 is 0. The molecule has 0 radical (unpaired) electrons. The van der Waals surface area contributed by atoms with Gasteiger partial charge in [0.2, 0.25) is 0 Å². The monoisotopic (exact) mass is 411 g/mol. The Morgan fingerprint density at radius 1 is 0.806 bits per heavy atom. The molecule has 0 aliphatic heterocycles. The molecule has 3 N–H and O–H groups in total. The highest BCUT2D eigenvalue weighted by molar-refractivity contribution is 6.23. The van der Waals surface area contributed by atoms with Crippen LogP contribution in [0.4, 0.5) is 4.79 Å². The average molecular weight is 411 g/mol. The number of hydrogen-bond acceptors (Lipinski definition) is 4. The number of carbonyl (C=O) groups is 1. The van der Waals surface area contributed by atoms with Crippen molar-refractivity contribution in [2.45, 2.75) is 13.0 Å². The van der Waals surface area contributed by atoms with Crippen LogP contribution in [0.2, 0.25) is 0 Å². The van der Waals surface area contributed by atoms with Crippen molar-refractivity contribution in [2.75, 3.05) is 6.54 Å². The minimum Gasteiger partial charge on any atom is -0.504 e. The number of phenolic OH excluding ortho intramolecular Hbond substituents is 2. The van der Waals surface area contributed by atoms with Crippen molar-refractivity contribution < 1.29 is 19.7 Å². The van der Waals surface area contributed by atoms with Crippen LogP contribution in [0.1, 0.15) is 11.1 Å². The molecule has 5 aromatic carbocycles. The first kappa shape index (κ1) is 19.0. The van der Waals surface area contributed by atoms with Gasteiger partial charge < -0.3 is 20.3 Å². The largest absolute Gasteiger partial charge is 0.504 e. The van der Waals surface area contributed by atoms with Crippen LogP contribution in [0.25, 0.3) is 32.3 Å². The van der Waals surface area contributed by atoms with Crippen molar-refractivity contribution in [3.8, 4) is 11.5 Å². The molecule has 154 valence electrons. The molecule has 0 spiro atoms. The van der Waals surface area contributed by atoms with E-state index in [9.17, 15) is 15.0 Å². The fourth-order valence-corrected chi connectivity index (χ4v) is 4.15. The zero-order valence-corrected chi connectivity index (χ0v) is 16.8. The predicted molar refractivity (Wildman–Crippen MR) is 122 cm³/mol. The van der Waals surface area contributed by atoms with Gasteiger partial charge in [-0.25, -0.2) is 4.79 Å². The smallest absolute Gasteiger partial charge is 0.407 e. The Morgan fingerprint density at radius 2 is 1.52 bits per heavy atom. The maximum atomic E-state index is 12.2. The van der Waals surface area contributed by atoms with Gasteiger partial charge in [0.25, 0.3) is 0 Å². The van der Waals surface area contributed by atoms with E-state index in [0.717, 1.165) is 16.5 Å². The molecule has 0 saturated carbocycles.